The highest BCUT2D eigenvalue weighted by molar-refractivity contribution is 5.40. The quantitative estimate of drug-likeness (QED) is 0.861. The van der Waals surface area contributed by atoms with E-state index in [1.807, 2.05) is 0 Å². The standard InChI is InChI=1S/C12H17N5O/c1-3-12(4-2,8-13)11-16-10(17-18-11)9-14-6-5-7-15-9/h5-7H,3-4,8,13H2,1-2H3. The predicted octanol–water partition coefficient (Wildman–Crippen LogP) is 1.54. The van der Waals surface area contributed by atoms with E-state index in [0.717, 1.165) is 12.8 Å². The molecule has 6 nitrogen and oxygen atoms in total. The van der Waals surface area contributed by atoms with Crippen LogP contribution in [0.2, 0.25) is 0 Å². The normalized spacial score (nSPS) is 11.7. The van der Waals surface area contributed by atoms with Gasteiger partial charge in [-0.25, -0.2) is 9.97 Å². The largest absolute Gasteiger partial charge is 0.338 e. The molecule has 0 aliphatic rings. The summed E-state index contributed by atoms with van der Waals surface area (Å²) in [7, 11) is 0. The smallest absolute Gasteiger partial charge is 0.240 e. The van der Waals surface area contributed by atoms with Crippen LogP contribution in [0.4, 0.5) is 0 Å². The lowest BCUT2D eigenvalue weighted by atomic mass is 9.82. The van der Waals surface area contributed by atoms with E-state index in [0.29, 0.717) is 24.1 Å². The second-order valence-electron chi connectivity index (χ2n) is 4.19. The van der Waals surface area contributed by atoms with Gasteiger partial charge in [0, 0.05) is 18.9 Å². The number of nitrogens with zero attached hydrogens (tertiary/aromatic N) is 4. The lowest BCUT2D eigenvalue weighted by Crippen LogP contribution is -2.34. The van der Waals surface area contributed by atoms with Gasteiger partial charge in [0.15, 0.2) is 0 Å². The summed E-state index contributed by atoms with van der Waals surface area (Å²) in [5.41, 5.74) is 5.60. The highest BCUT2D eigenvalue weighted by atomic mass is 16.5. The maximum absolute atomic E-state index is 5.85. The third-order valence-electron chi connectivity index (χ3n) is 3.39. The molecule has 0 aromatic carbocycles. The fraction of sp³-hybridized carbons (Fsp3) is 0.500. The van der Waals surface area contributed by atoms with Crippen molar-refractivity contribution < 1.29 is 4.52 Å². The number of hydrogen-bond acceptors (Lipinski definition) is 6. The lowest BCUT2D eigenvalue weighted by Gasteiger charge is -2.24. The van der Waals surface area contributed by atoms with Gasteiger partial charge in [-0.05, 0) is 18.9 Å². The van der Waals surface area contributed by atoms with Gasteiger partial charge in [0.05, 0.1) is 5.41 Å². The minimum absolute atomic E-state index is 0.250. The molecule has 0 unspecified atom stereocenters. The molecular formula is C12H17N5O. The molecule has 0 fully saturated rings. The number of nitrogens with two attached hydrogens (primary N) is 1. The Bertz CT molecular complexity index is 484. The van der Waals surface area contributed by atoms with E-state index in [2.05, 4.69) is 34.0 Å². The number of hydrogen-bond donors (Lipinski definition) is 1. The van der Waals surface area contributed by atoms with Gasteiger partial charge in [-0.2, -0.15) is 4.98 Å². The molecule has 0 aliphatic heterocycles. The zero-order chi connectivity index (χ0) is 13.0. The average molecular weight is 247 g/mol. The van der Waals surface area contributed by atoms with Gasteiger partial charge in [0.1, 0.15) is 0 Å². The second kappa shape index (κ2) is 5.22. The SMILES string of the molecule is CCC(CC)(CN)c1nc(-c2ncccn2)no1. The van der Waals surface area contributed by atoms with Crippen LogP contribution in [0.5, 0.6) is 0 Å². The Morgan fingerprint density at radius 1 is 1.17 bits per heavy atom. The molecule has 0 saturated heterocycles. The first-order valence-corrected chi connectivity index (χ1v) is 6.07. The molecule has 6 heteroatoms. The van der Waals surface area contributed by atoms with Crippen molar-refractivity contribution in [3.05, 3.63) is 24.4 Å². The van der Waals surface area contributed by atoms with Crippen molar-refractivity contribution in [2.75, 3.05) is 6.54 Å². The molecule has 0 amide bonds. The first-order valence-electron chi connectivity index (χ1n) is 6.07. The Hall–Kier alpha value is -1.82. The Labute approximate surface area is 106 Å². The topological polar surface area (TPSA) is 90.7 Å². The second-order valence-corrected chi connectivity index (χ2v) is 4.19. The Morgan fingerprint density at radius 3 is 2.39 bits per heavy atom. The molecule has 0 aliphatic carbocycles. The fourth-order valence-corrected chi connectivity index (χ4v) is 1.87. The van der Waals surface area contributed by atoms with Crippen molar-refractivity contribution in [2.24, 2.45) is 5.73 Å². The van der Waals surface area contributed by atoms with Crippen LogP contribution in [0.3, 0.4) is 0 Å². The highest BCUT2D eigenvalue weighted by Crippen LogP contribution is 2.30. The third-order valence-corrected chi connectivity index (χ3v) is 3.39. The fourth-order valence-electron chi connectivity index (χ4n) is 1.87. The molecule has 2 heterocycles. The van der Waals surface area contributed by atoms with Crippen LogP contribution in [0.15, 0.2) is 23.0 Å². The minimum atomic E-state index is -0.250. The van der Waals surface area contributed by atoms with Crippen LogP contribution >= 0.6 is 0 Å². The van der Waals surface area contributed by atoms with E-state index in [1.165, 1.54) is 0 Å². The molecule has 2 N–H and O–H groups in total. The average Bonchev–Trinajstić information content (AvgIpc) is 2.93. The van der Waals surface area contributed by atoms with Gasteiger partial charge < -0.3 is 10.3 Å². The third kappa shape index (κ3) is 2.11. The van der Waals surface area contributed by atoms with E-state index < -0.39 is 0 Å². The molecule has 2 rings (SSSR count). The van der Waals surface area contributed by atoms with Crippen molar-refractivity contribution in [2.45, 2.75) is 32.1 Å². The minimum Gasteiger partial charge on any atom is -0.338 e. The molecule has 0 bridgehead atoms. The molecule has 0 spiro atoms. The van der Waals surface area contributed by atoms with E-state index >= 15 is 0 Å². The summed E-state index contributed by atoms with van der Waals surface area (Å²) in [5.74, 6) is 1.44. The van der Waals surface area contributed by atoms with Crippen molar-refractivity contribution in [1.82, 2.24) is 20.1 Å². The van der Waals surface area contributed by atoms with E-state index in [9.17, 15) is 0 Å². The molecule has 2 aromatic heterocycles. The molecule has 96 valence electrons. The summed E-state index contributed by atoms with van der Waals surface area (Å²) >= 11 is 0. The lowest BCUT2D eigenvalue weighted by molar-refractivity contribution is 0.267. The molecular weight excluding hydrogens is 230 g/mol. The Morgan fingerprint density at radius 2 is 1.83 bits per heavy atom. The Kier molecular flexibility index (Phi) is 3.66. The number of aromatic nitrogens is 4. The van der Waals surface area contributed by atoms with Crippen LogP contribution < -0.4 is 5.73 Å². The summed E-state index contributed by atoms with van der Waals surface area (Å²) in [5, 5.41) is 3.93. The van der Waals surface area contributed by atoms with E-state index in [4.69, 9.17) is 10.3 Å². The summed E-state index contributed by atoms with van der Waals surface area (Å²) in [4.78, 5) is 12.6. The van der Waals surface area contributed by atoms with Gasteiger partial charge in [-0.15, -0.1) is 0 Å². The van der Waals surface area contributed by atoms with Crippen LogP contribution in [0.1, 0.15) is 32.6 Å². The molecule has 0 saturated carbocycles. The molecule has 2 aromatic rings. The first-order chi connectivity index (χ1) is 8.75. The Balaban J connectivity index is 2.36. The number of rotatable bonds is 5. The maximum atomic E-state index is 5.85. The first kappa shape index (κ1) is 12.6. The summed E-state index contributed by atoms with van der Waals surface area (Å²) in [6.07, 6.45) is 5.01. The zero-order valence-corrected chi connectivity index (χ0v) is 10.6. The van der Waals surface area contributed by atoms with Crippen LogP contribution in [0, 0.1) is 0 Å². The van der Waals surface area contributed by atoms with Crippen LogP contribution in [-0.2, 0) is 5.41 Å². The van der Waals surface area contributed by atoms with Gasteiger partial charge in [-0.3, -0.25) is 0 Å². The van der Waals surface area contributed by atoms with Crippen LogP contribution in [-0.4, -0.2) is 26.7 Å². The maximum Gasteiger partial charge on any atom is 0.240 e. The van der Waals surface area contributed by atoms with Gasteiger partial charge in [-0.1, -0.05) is 19.0 Å². The van der Waals surface area contributed by atoms with E-state index in [-0.39, 0.29) is 5.41 Å². The van der Waals surface area contributed by atoms with Gasteiger partial charge >= 0.3 is 0 Å². The predicted molar refractivity (Wildman–Crippen MR) is 66.6 cm³/mol. The van der Waals surface area contributed by atoms with Crippen molar-refractivity contribution in [3.8, 4) is 11.6 Å². The summed E-state index contributed by atoms with van der Waals surface area (Å²) < 4.78 is 5.34. The van der Waals surface area contributed by atoms with Crippen LogP contribution in [0.25, 0.3) is 11.6 Å². The molecule has 18 heavy (non-hydrogen) atoms. The van der Waals surface area contributed by atoms with Gasteiger partial charge in [0.2, 0.25) is 17.5 Å². The molecule has 0 atom stereocenters. The van der Waals surface area contributed by atoms with E-state index in [1.54, 1.807) is 18.5 Å². The monoisotopic (exact) mass is 247 g/mol. The van der Waals surface area contributed by atoms with Crippen molar-refractivity contribution in [1.29, 1.82) is 0 Å². The summed E-state index contributed by atoms with van der Waals surface area (Å²) in [6, 6.07) is 1.74. The van der Waals surface area contributed by atoms with Crippen molar-refractivity contribution >= 4 is 0 Å². The highest BCUT2D eigenvalue weighted by Gasteiger charge is 2.33. The zero-order valence-electron chi connectivity index (χ0n) is 10.6. The van der Waals surface area contributed by atoms with Gasteiger partial charge in [0.25, 0.3) is 0 Å². The van der Waals surface area contributed by atoms with Crippen molar-refractivity contribution in [3.63, 3.8) is 0 Å². The molecule has 0 radical (unpaired) electrons. The summed E-state index contributed by atoms with van der Waals surface area (Å²) in [6.45, 7) is 4.62.